The fourth-order valence-electron chi connectivity index (χ4n) is 1.75. The number of rotatable bonds is 2. The summed E-state index contributed by atoms with van der Waals surface area (Å²) in [5.74, 6) is -0.482. The highest BCUT2D eigenvalue weighted by molar-refractivity contribution is 8.18. The summed E-state index contributed by atoms with van der Waals surface area (Å²) in [6.07, 6.45) is 3.33. The lowest BCUT2D eigenvalue weighted by Gasteiger charge is -2.05. The molecule has 1 aliphatic heterocycles. The Kier molecular flexibility index (Phi) is 3.85. The van der Waals surface area contributed by atoms with E-state index in [0.717, 1.165) is 0 Å². The number of nitrogens with zero attached hydrogens (tertiary/aromatic N) is 3. The van der Waals surface area contributed by atoms with Crippen molar-refractivity contribution in [1.82, 2.24) is 9.88 Å². The summed E-state index contributed by atoms with van der Waals surface area (Å²) >= 11 is 2.66. The number of thiazole rings is 1. The molecule has 0 N–H and O–H groups in total. The fraction of sp³-hybridized carbons (Fsp3) is 0.0714. The van der Waals surface area contributed by atoms with E-state index in [2.05, 4.69) is 9.98 Å². The smallest absolute Gasteiger partial charge is 0.266 e. The Labute approximate surface area is 129 Å². The first kappa shape index (κ1) is 14.0. The van der Waals surface area contributed by atoms with Crippen LogP contribution in [0.1, 0.15) is 5.56 Å². The minimum Gasteiger partial charge on any atom is -0.289 e. The Hall–Kier alpha value is -1.99. The van der Waals surface area contributed by atoms with Crippen LogP contribution in [0.5, 0.6) is 0 Å². The van der Waals surface area contributed by atoms with Crippen molar-refractivity contribution in [2.45, 2.75) is 0 Å². The number of benzene rings is 1. The van der Waals surface area contributed by atoms with Crippen molar-refractivity contribution < 1.29 is 9.18 Å². The number of thioether (sulfide) groups is 1. The second kappa shape index (κ2) is 5.79. The molecule has 1 amide bonds. The van der Waals surface area contributed by atoms with Gasteiger partial charge in [0.05, 0.1) is 4.91 Å². The molecule has 2 heterocycles. The number of halogens is 1. The molecule has 1 aliphatic rings. The number of hydrogen-bond acceptors (Lipinski definition) is 5. The Morgan fingerprint density at radius 3 is 3.00 bits per heavy atom. The van der Waals surface area contributed by atoms with Gasteiger partial charge in [0.2, 0.25) is 5.13 Å². The minimum atomic E-state index is -0.329. The van der Waals surface area contributed by atoms with Crippen LogP contribution < -0.4 is 0 Å². The number of aliphatic imine (C=N–C) groups is 1. The predicted octanol–water partition coefficient (Wildman–Crippen LogP) is 3.52. The maximum atomic E-state index is 13.2. The van der Waals surface area contributed by atoms with E-state index in [-0.39, 0.29) is 11.7 Å². The van der Waals surface area contributed by atoms with Gasteiger partial charge in [-0.2, -0.15) is 4.99 Å². The largest absolute Gasteiger partial charge is 0.289 e. The van der Waals surface area contributed by atoms with Crippen LogP contribution in [0, 0.1) is 5.82 Å². The molecule has 0 aliphatic carbocycles. The lowest BCUT2D eigenvalue weighted by Crippen LogP contribution is -2.23. The lowest BCUT2D eigenvalue weighted by atomic mass is 10.2. The van der Waals surface area contributed by atoms with Gasteiger partial charge < -0.3 is 0 Å². The van der Waals surface area contributed by atoms with Crippen molar-refractivity contribution in [2.75, 3.05) is 7.05 Å². The molecule has 0 unspecified atom stereocenters. The van der Waals surface area contributed by atoms with E-state index in [0.29, 0.717) is 20.8 Å². The van der Waals surface area contributed by atoms with Crippen molar-refractivity contribution in [3.8, 4) is 0 Å². The zero-order valence-corrected chi connectivity index (χ0v) is 12.6. The number of amides is 1. The standard InChI is InChI=1S/C14H10FN3OS2/c1-18-12(19)11(8-9-3-2-4-10(15)7-9)21-14(18)17-13-16-5-6-20-13/h2-8H,1H3/b11-8-,17-14+. The molecule has 0 bridgehead atoms. The average Bonchev–Trinajstić information content (AvgIpc) is 3.05. The number of amidine groups is 1. The molecule has 0 atom stereocenters. The zero-order valence-electron chi connectivity index (χ0n) is 11.0. The third-order valence-electron chi connectivity index (χ3n) is 2.76. The van der Waals surface area contributed by atoms with Gasteiger partial charge in [-0.25, -0.2) is 9.37 Å². The van der Waals surface area contributed by atoms with Gasteiger partial charge in [-0.1, -0.05) is 12.1 Å². The average molecular weight is 319 g/mol. The van der Waals surface area contributed by atoms with E-state index in [1.165, 1.54) is 40.1 Å². The molecule has 3 rings (SSSR count). The maximum absolute atomic E-state index is 13.2. The van der Waals surface area contributed by atoms with Crippen molar-refractivity contribution in [2.24, 2.45) is 4.99 Å². The van der Waals surface area contributed by atoms with Gasteiger partial charge in [-0.3, -0.25) is 9.69 Å². The molecule has 2 aromatic rings. The normalized spacial score (nSPS) is 19.0. The van der Waals surface area contributed by atoms with Crippen LogP contribution in [0.4, 0.5) is 9.52 Å². The zero-order chi connectivity index (χ0) is 14.8. The van der Waals surface area contributed by atoms with Crippen molar-refractivity contribution >= 4 is 45.4 Å². The molecular weight excluding hydrogens is 309 g/mol. The molecule has 21 heavy (non-hydrogen) atoms. The Bertz CT molecular complexity index is 740. The van der Waals surface area contributed by atoms with Crippen LogP contribution in [0.2, 0.25) is 0 Å². The highest BCUT2D eigenvalue weighted by atomic mass is 32.2. The molecule has 1 saturated heterocycles. The molecule has 4 nitrogen and oxygen atoms in total. The third kappa shape index (κ3) is 3.03. The summed E-state index contributed by atoms with van der Waals surface area (Å²) in [4.78, 5) is 22.6. The van der Waals surface area contributed by atoms with E-state index in [9.17, 15) is 9.18 Å². The quantitative estimate of drug-likeness (QED) is 0.796. The van der Waals surface area contributed by atoms with E-state index < -0.39 is 0 Å². The van der Waals surface area contributed by atoms with Crippen LogP contribution in [0.3, 0.4) is 0 Å². The van der Waals surface area contributed by atoms with Crippen LogP contribution in [-0.2, 0) is 4.79 Å². The SMILES string of the molecule is CN1C(=O)/C(=C/c2cccc(F)c2)S/C1=N/c1nccs1. The second-order valence-corrected chi connectivity index (χ2v) is 6.12. The highest BCUT2D eigenvalue weighted by Crippen LogP contribution is 2.33. The van der Waals surface area contributed by atoms with Gasteiger partial charge >= 0.3 is 0 Å². The fourth-order valence-corrected chi connectivity index (χ4v) is 3.28. The van der Waals surface area contributed by atoms with Crippen LogP contribution in [-0.4, -0.2) is 28.0 Å². The lowest BCUT2D eigenvalue weighted by molar-refractivity contribution is -0.121. The van der Waals surface area contributed by atoms with Crippen LogP contribution in [0.15, 0.2) is 45.7 Å². The number of aromatic nitrogens is 1. The molecule has 0 saturated carbocycles. The molecule has 1 aromatic carbocycles. The molecule has 7 heteroatoms. The molecule has 106 valence electrons. The number of carbonyl (C=O) groups is 1. The Morgan fingerprint density at radius 1 is 1.43 bits per heavy atom. The van der Waals surface area contributed by atoms with Crippen molar-refractivity contribution in [3.05, 3.63) is 52.1 Å². The van der Waals surface area contributed by atoms with Gasteiger partial charge in [-0.15, -0.1) is 11.3 Å². The summed E-state index contributed by atoms with van der Waals surface area (Å²) in [6, 6.07) is 6.11. The van der Waals surface area contributed by atoms with Gasteiger partial charge in [0, 0.05) is 18.6 Å². The van der Waals surface area contributed by atoms with Crippen molar-refractivity contribution in [1.29, 1.82) is 0 Å². The second-order valence-electron chi connectivity index (χ2n) is 4.24. The monoisotopic (exact) mass is 319 g/mol. The molecule has 1 fully saturated rings. The van der Waals surface area contributed by atoms with Crippen molar-refractivity contribution in [3.63, 3.8) is 0 Å². The van der Waals surface area contributed by atoms with E-state index in [1.807, 2.05) is 5.38 Å². The van der Waals surface area contributed by atoms with Gasteiger partial charge in [-0.05, 0) is 35.5 Å². The third-order valence-corrected chi connectivity index (χ3v) is 4.49. The molecular formula is C14H10FN3OS2. The summed E-state index contributed by atoms with van der Waals surface area (Å²) in [6.45, 7) is 0. The van der Waals surface area contributed by atoms with E-state index >= 15 is 0 Å². The first-order valence-electron chi connectivity index (χ1n) is 6.05. The molecule has 0 radical (unpaired) electrons. The van der Waals surface area contributed by atoms with Crippen LogP contribution >= 0.6 is 23.1 Å². The summed E-state index contributed by atoms with van der Waals surface area (Å²) in [5.41, 5.74) is 0.648. The molecule has 1 aromatic heterocycles. The maximum Gasteiger partial charge on any atom is 0.266 e. The topological polar surface area (TPSA) is 45.6 Å². The predicted molar refractivity (Wildman–Crippen MR) is 83.9 cm³/mol. The minimum absolute atomic E-state index is 0.153. The molecule has 0 spiro atoms. The van der Waals surface area contributed by atoms with E-state index in [1.54, 1.807) is 31.5 Å². The summed E-state index contributed by atoms with van der Waals surface area (Å²) in [7, 11) is 1.66. The number of hydrogen-bond donors (Lipinski definition) is 0. The summed E-state index contributed by atoms with van der Waals surface area (Å²) < 4.78 is 13.2. The van der Waals surface area contributed by atoms with Gasteiger partial charge in [0.15, 0.2) is 5.17 Å². The van der Waals surface area contributed by atoms with E-state index in [4.69, 9.17) is 0 Å². The Morgan fingerprint density at radius 2 is 2.29 bits per heavy atom. The summed E-state index contributed by atoms with van der Waals surface area (Å²) in [5, 5.41) is 2.99. The Balaban J connectivity index is 1.90. The van der Waals surface area contributed by atoms with Crippen LogP contribution in [0.25, 0.3) is 6.08 Å². The van der Waals surface area contributed by atoms with Gasteiger partial charge in [0.1, 0.15) is 5.82 Å². The number of carbonyl (C=O) groups excluding carboxylic acids is 1. The van der Waals surface area contributed by atoms with Gasteiger partial charge in [0.25, 0.3) is 5.91 Å². The number of likely N-dealkylation sites (N-methyl/N-ethyl adjacent to an activating group) is 1. The first-order valence-corrected chi connectivity index (χ1v) is 7.74. The highest BCUT2D eigenvalue weighted by Gasteiger charge is 2.30. The first-order chi connectivity index (χ1) is 10.1.